The van der Waals surface area contributed by atoms with E-state index >= 15 is 0 Å². The maximum atomic E-state index is 12.1. The molecular formula is C10H14F2N2O. The number of hydrogen-bond donors (Lipinski definition) is 1. The number of pyridine rings is 1. The van der Waals surface area contributed by atoms with E-state index in [0.717, 1.165) is 5.69 Å². The zero-order valence-electron chi connectivity index (χ0n) is 8.71. The molecule has 0 radical (unpaired) electrons. The summed E-state index contributed by atoms with van der Waals surface area (Å²) in [7, 11) is 0. The number of nitrogens with zero attached hydrogens (tertiary/aromatic N) is 1. The molecule has 1 unspecified atom stereocenters. The molecule has 0 aromatic carbocycles. The van der Waals surface area contributed by atoms with Crippen LogP contribution in [0.5, 0.6) is 5.75 Å². The van der Waals surface area contributed by atoms with Crippen LogP contribution in [0.4, 0.5) is 8.78 Å². The first-order valence-electron chi connectivity index (χ1n) is 4.66. The lowest BCUT2D eigenvalue weighted by molar-refractivity contribution is -0.0507. The lowest BCUT2D eigenvalue weighted by Crippen LogP contribution is -2.19. The fourth-order valence-corrected chi connectivity index (χ4v) is 1.25. The Morgan fingerprint density at radius 1 is 1.47 bits per heavy atom. The fourth-order valence-electron chi connectivity index (χ4n) is 1.25. The first-order valence-corrected chi connectivity index (χ1v) is 4.66. The first kappa shape index (κ1) is 11.8. The van der Waals surface area contributed by atoms with Gasteiger partial charge in [-0.25, -0.2) is 0 Å². The summed E-state index contributed by atoms with van der Waals surface area (Å²) in [4.78, 5) is 4.13. The third-order valence-corrected chi connectivity index (χ3v) is 1.80. The topological polar surface area (TPSA) is 48.1 Å². The molecule has 1 rings (SSSR count). The molecule has 0 saturated carbocycles. The molecule has 84 valence electrons. The van der Waals surface area contributed by atoms with Gasteiger partial charge in [0.05, 0.1) is 5.69 Å². The molecule has 1 atom stereocenters. The van der Waals surface area contributed by atoms with E-state index in [-0.39, 0.29) is 11.8 Å². The number of halogens is 2. The van der Waals surface area contributed by atoms with Crippen LogP contribution in [-0.4, -0.2) is 17.6 Å². The van der Waals surface area contributed by atoms with Crippen molar-refractivity contribution < 1.29 is 13.5 Å². The number of nitrogens with two attached hydrogens (primary N) is 1. The lowest BCUT2D eigenvalue weighted by atomic mass is 10.1. The van der Waals surface area contributed by atoms with Gasteiger partial charge in [0.1, 0.15) is 5.75 Å². The lowest BCUT2D eigenvalue weighted by Gasteiger charge is -2.12. The minimum absolute atomic E-state index is 0.105. The van der Waals surface area contributed by atoms with Gasteiger partial charge in [0.2, 0.25) is 0 Å². The van der Waals surface area contributed by atoms with Crippen LogP contribution in [0.1, 0.15) is 18.3 Å². The SMILES string of the molecule is Cc1ccc(OC(F)F)c(CC(C)N)n1. The van der Waals surface area contributed by atoms with Crippen molar-refractivity contribution in [3.8, 4) is 5.75 Å². The van der Waals surface area contributed by atoms with E-state index in [1.165, 1.54) is 6.07 Å². The second kappa shape index (κ2) is 5.02. The van der Waals surface area contributed by atoms with Crippen molar-refractivity contribution >= 4 is 0 Å². The van der Waals surface area contributed by atoms with Crippen molar-refractivity contribution in [2.45, 2.75) is 32.9 Å². The summed E-state index contributed by atoms with van der Waals surface area (Å²) in [6.45, 7) is 0.744. The molecule has 2 N–H and O–H groups in total. The van der Waals surface area contributed by atoms with Gasteiger partial charge in [-0.05, 0) is 26.0 Å². The molecule has 0 aliphatic rings. The Morgan fingerprint density at radius 3 is 2.67 bits per heavy atom. The highest BCUT2D eigenvalue weighted by molar-refractivity contribution is 5.29. The minimum atomic E-state index is -2.83. The van der Waals surface area contributed by atoms with Crippen molar-refractivity contribution in [3.63, 3.8) is 0 Å². The molecule has 1 aromatic heterocycles. The molecule has 0 spiro atoms. The van der Waals surface area contributed by atoms with Crippen LogP contribution in [0.25, 0.3) is 0 Å². The Labute approximate surface area is 87.3 Å². The van der Waals surface area contributed by atoms with Crippen LogP contribution in [0.15, 0.2) is 12.1 Å². The van der Waals surface area contributed by atoms with E-state index in [9.17, 15) is 8.78 Å². The highest BCUT2D eigenvalue weighted by atomic mass is 19.3. The molecule has 5 heteroatoms. The number of rotatable bonds is 4. The second-order valence-electron chi connectivity index (χ2n) is 3.46. The molecule has 0 amide bonds. The molecule has 0 fully saturated rings. The monoisotopic (exact) mass is 216 g/mol. The molecule has 0 saturated heterocycles. The summed E-state index contributed by atoms with van der Waals surface area (Å²) >= 11 is 0. The highest BCUT2D eigenvalue weighted by Gasteiger charge is 2.12. The van der Waals surface area contributed by atoms with E-state index in [0.29, 0.717) is 12.1 Å². The van der Waals surface area contributed by atoms with Crippen LogP contribution in [-0.2, 0) is 6.42 Å². The maximum absolute atomic E-state index is 12.1. The van der Waals surface area contributed by atoms with Crippen molar-refractivity contribution in [3.05, 3.63) is 23.5 Å². The Hall–Kier alpha value is -1.23. The van der Waals surface area contributed by atoms with Gasteiger partial charge in [0, 0.05) is 18.2 Å². The Balaban J connectivity index is 2.92. The van der Waals surface area contributed by atoms with Gasteiger partial charge in [-0.15, -0.1) is 0 Å². The number of aryl methyl sites for hydroxylation is 1. The Kier molecular flexibility index (Phi) is 3.96. The van der Waals surface area contributed by atoms with Gasteiger partial charge in [0.25, 0.3) is 0 Å². The quantitative estimate of drug-likeness (QED) is 0.836. The summed E-state index contributed by atoms with van der Waals surface area (Å²) in [5, 5.41) is 0. The number of aromatic nitrogens is 1. The van der Waals surface area contributed by atoms with Gasteiger partial charge >= 0.3 is 6.61 Å². The molecule has 0 bridgehead atoms. The molecule has 1 heterocycles. The summed E-state index contributed by atoms with van der Waals surface area (Å²) < 4.78 is 28.5. The summed E-state index contributed by atoms with van der Waals surface area (Å²) in [6.07, 6.45) is 0.420. The molecular weight excluding hydrogens is 202 g/mol. The second-order valence-corrected chi connectivity index (χ2v) is 3.46. The summed E-state index contributed by atoms with van der Waals surface area (Å²) in [6, 6.07) is 2.98. The summed E-state index contributed by atoms with van der Waals surface area (Å²) in [5.74, 6) is 0.105. The van der Waals surface area contributed by atoms with Gasteiger partial charge < -0.3 is 10.5 Å². The third kappa shape index (κ3) is 3.79. The zero-order chi connectivity index (χ0) is 11.4. The van der Waals surface area contributed by atoms with Crippen LogP contribution in [0.2, 0.25) is 0 Å². The predicted octanol–water partition coefficient (Wildman–Crippen LogP) is 1.88. The standard InChI is InChI=1S/C10H14F2N2O/c1-6(13)5-8-9(15-10(11)12)4-3-7(2)14-8/h3-4,6,10H,5,13H2,1-2H3. The van der Waals surface area contributed by atoms with Crippen molar-refractivity contribution in [2.24, 2.45) is 5.73 Å². The largest absolute Gasteiger partial charge is 0.433 e. The third-order valence-electron chi connectivity index (χ3n) is 1.80. The Bertz CT molecular complexity index is 329. The van der Waals surface area contributed by atoms with Crippen LogP contribution >= 0.6 is 0 Å². The van der Waals surface area contributed by atoms with Crippen LogP contribution in [0, 0.1) is 6.92 Å². The van der Waals surface area contributed by atoms with Crippen LogP contribution in [0.3, 0.4) is 0 Å². The van der Waals surface area contributed by atoms with E-state index < -0.39 is 6.61 Å². The van der Waals surface area contributed by atoms with Gasteiger partial charge in [-0.1, -0.05) is 0 Å². The van der Waals surface area contributed by atoms with Crippen molar-refractivity contribution in [1.82, 2.24) is 4.98 Å². The molecule has 3 nitrogen and oxygen atoms in total. The number of ether oxygens (including phenoxy) is 1. The first-order chi connectivity index (χ1) is 6.99. The molecule has 15 heavy (non-hydrogen) atoms. The van der Waals surface area contributed by atoms with Crippen molar-refractivity contribution in [2.75, 3.05) is 0 Å². The molecule has 0 aliphatic heterocycles. The van der Waals surface area contributed by atoms with E-state index in [1.807, 2.05) is 0 Å². The summed E-state index contributed by atoms with van der Waals surface area (Å²) in [5.41, 5.74) is 6.83. The maximum Gasteiger partial charge on any atom is 0.387 e. The van der Waals surface area contributed by atoms with E-state index in [4.69, 9.17) is 5.73 Å². The van der Waals surface area contributed by atoms with Crippen LogP contribution < -0.4 is 10.5 Å². The Morgan fingerprint density at radius 2 is 2.13 bits per heavy atom. The predicted molar refractivity (Wildman–Crippen MR) is 53.0 cm³/mol. The fraction of sp³-hybridized carbons (Fsp3) is 0.500. The van der Waals surface area contributed by atoms with Gasteiger partial charge in [0.15, 0.2) is 0 Å². The smallest absolute Gasteiger partial charge is 0.387 e. The highest BCUT2D eigenvalue weighted by Crippen LogP contribution is 2.20. The average Bonchev–Trinajstić information content (AvgIpc) is 2.08. The number of hydrogen-bond acceptors (Lipinski definition) is 3. The zero-order valence-corrected chi connectivity index (χ0v) is 8.71. The van der Waals surface area contributed by atoms with E-state index in [2.05, 4.69) is 9.72 Å². The minimum Gasteiger partial charge on any atom is -0.433 e. The van der Waals surface area contributed by atoms with Gasteiger partial charge in [-0.3, -0.25) is 4.98 Å². The number of alkyl halides is 2. The van der Waals surface area contributed by atoms with Crippen molar-refractivity contribution in [1.29, 1.82) is 0 Å². The normalized spacial score (nSPS) is 12.9. The molecule has 1 aromatic rings. The van der Waals surface area contributed by atoms with Gasteiger partial charge in [-0.2, -0.15) is 8.78 Å². The van der Waals surface area contributed by atoms with E-state index in [1.54, 1.807) is 19.9 Å². The average molecular weight is 216 g/mol. The molecule has 0 aliphatic carbocycles.